The predicted molar refractivity (Wildman–Crippen MR) is 67.7 cm³/mol. The SMILES string of the molecule is Cc1nc(-c2ccc(OS(=O)(=O)Cl)cc2)cs1. The third-order valence-electron chi connectivity index (χ3n) is 1.96. The molecule has 0 unspecified atom stereocenters. The van der Waals surface area contributed by atoms with Crippen LogP contribution in [0.5, 0.6) is 5.75 Å². The van der Waals surface area contributed by atoms with Crippen molar-refractivity contribution in [3.8, 4) is 17.0 Å². The lowest BCUT2D eigenvalue weighted by molar-refractivity contribution is 0.503. The molecule has 0 aliphatic rings. The highest BCUT2D eigenvalue weighted by Gasteiger charge is 2.08. The van der Waals surface area contributed by atoms with Gasteiger partial charge in [0, 0.05) is 10.9 Å². The number of hydrogen-bond acceptors (Lipinski definition) is 5. The van der Waals surface area contributed by atoms with Crippen LogP contribution in [0.2, 0.25) is 0 Å². The van der Waals surface area contributed by atoms with Crippen LogP contribution in [0, 0.1) is 6.92 Å². The molecule has 0 N–H and O–H groups in total. The molecule has 0 aliphatic heterocycles. The van der Waals surface area contributed by atoms with Gasteiger partial charge in [0.25, 0.3) is 0 Å². The van der Waals surface area contributed by atoms with Crippen LogP contribution in [0.15, 0.2) is 29.6 Å². The molecule has 90 valence electrons. The Morgan fingerprint density at radius 3 is 2.41 bits per heavy atom. The Labute approximate surface area is 107 Å². The van der Waals surface area contributed by atoms with Gasteiger partial charge in [0.15, 0.2) is 0 Å². The molecule has 0 radical (unpaired) electrons. The predicted octanol–water partition coefficient (Wildman–Crippen LogP) is 2.98. The second-order valence-corrected chi connectivity index (χ2v) is 6.40. The summed E-state index contributed by atoms with van der Waals surface area (Å²) in [4.78, 5) is 4.32. The first kappa shape index (κ1) is 12.3. The lowest BCUT2D eigenvalue weighted by Crippen LogP contribution is -1.99. The molecule has 1 aromatic heterocycles. The zero-order valence-electron chi connectivity index (χ0n) is 8.75. The van der Waals surface area contributed by atoms with Crippen molar-refractivity contribution in [2.45, 2.75) is 6.92 Å². The Kier molecular flexibility index (Phi) is 3.37. The second kappa shape index (κ2) is 4.64. The van der Waals surface area contributed by atoms with Crippen molar-refractivity contribution < 1.29 is 12.6 Å². The quantitative estimate of drug-likeness (QED) is 0.815. The van der Waals surface area contributed by atoms with E-state index in [1.54, 1.807) is 23.5 Å². The molecule has 4 nitrogen and oxygen atoms in total. The molecular formula is C10H8ClNO3S2. The molecule has 0 amide bonds. The van der Waals surface area contributed by atoms with Crippen LogP contribution >= 0.6 is 22.0 Å². The molecule has 0 aliphatic carbocycles. The van der Waals surface area contributed by atoms with Gasteiger partial charge in [-0.25, -0.2) is 4.98 Å². The maximum absolute atomic E-state index is 10.7. The fourth-order valence-electron chi connectivity index (χ4n) is 1.29. The minimum absolute atomic E-state index is 0.177. The van der Waals surface area contributed by atoms with E-state index in [4.69, 9.17) is 10.7 Å². The van der Waals surface area contributed by atoms with Crippen molar-refractivity contribution in [1.29, 1.82) is 0 Å². The Bertz CT molecular complexity index is 619. The normalized spacial score (nSPS) is 11.4. The topological polar surface area (TPSA) is 56.3 Å². The average Bonchev–Trinajstić information content (AvgIpc) is 2.63. The Morgan fingerprint density at radius 1 is 1.29 bits per heavy atom. The first-order chi connectivity index (χ1) is 7.94. The van der Waals surface area contributed by atoms with E-state index in [-0.39, 0.29) is 5.75 Å². The van der Waals surface area contributed by atoms with Gasteiger partial charge in [-0.2, -0.15) is 8.42 Å². The van der Waals surface area contributed by atoms with Crippen molar-refractivity contribution in [3.63, 3.8) is 0 Å². The number of benzene rings is 1. The minimum Gasteiger partial charge on any atom is -0.371 e. The van der Waals surface area contributed by atoms with Gasteiger partial charge in [-0.15, -0.1) is 11.3 Å². The highest BCUT2D eigenvalue weighted by molar-refractivity contribution is 8.10. The zero-order valence-corrected chi connectivity index (χ0v) is 11.1. The van der Waals surface area contributed by atoms with E-state index in [1.807, 2.05) is 12.3 Å². The third kappa shape index (κ3) is 3.42. The molecule has 0 saturated carbocycles. The molecule has 0 atom stereocenters. The van der Waals surface area contributed by atoms with Crippen LogP contribution in [-0.4, -0.2) is 13.4 Å². The molecule has 0 spiro atoms. The summed E-state index contributed by atoms with van der Waals surface area (Å²) in [5, 5.41) is 2.91. The van der Waals surface area contributed by atoms with Gasteiger partial charge in [0.2, 0.25) is 0 Å². The summed E-state index contributed by atoms with van der Waals surface area (Å²) < 4.78 is 25.9. The summed E-state index contributed by atoms with van der Waals surface area (Å²) in [7, 11) is 0.975. The Hall–Kier alpha value is -1.11. The van der Waals surface area contributed by atoms with Crippen LogP contribution in [0.1, 0.15) is 5.01 Å². The van der Waals surface area contributed by atoms with Gasteiger partial charge >= 0.3 is 9.33 Å². The van der Waals surface area contributed by atoms with Crippen molar-refractivity contribution in [2.24, 2.45) is 0 Å². The van der Waals surface area contributed by atoms with E-state index in [1.165, 1.54) is 12.1 Å². The first-order valence-electron chi connectivity index (χ1n) is 4.61. The summed E-state index contributed by atoms with van der Waals surface area (Å²) in [5.41, 5.74) is 1.75. The molecule has 7 heteroatoms. The first-order valence-corrected chi connectivity index (χ1v) is 7.72. The maximum atomic E-state index is 10.7. The van der Waals surface area contributed by atoms with Crippen molar-refractivity contribution in [2.75, 3.05) is 0 Å². The smallest absolute Gasteiger partial charge is 0.371 e. The van der Waals surface area contributed by atoms with E-state index in [0.717, 1.165) is 16.3 Å². The highest BCUT2D eigenvalue weighted by Crippen LogP contribution is 2.24. The molecule has 0 fully saturated rings. The summed E-state index contributed by atoms with van der Waals surface area (Å²) in [6, 6.07) is 6.52. The summed E-state index contributed by atoms with van der Waals surface area (Å²) in [6.45, 7) is 1.92. The summed E-state index contributed by atoms with van der Waals surface area (Å²) >= 11 is 1.55. The number of halogens is 1. The van der Waals surface area contributed by atoms with E-state index < -0.39 is 9.33 Å². The molecule has 1 aromatic carbocycles. The van der Waals surface area contributed by atoms with Gasteiger partial charge in [0.05, 0.1) is 21.4 Å². The van der Waals surface area contributed by atoms with Gasteiger partial charge in [-0.05, 0) is 31.2 Å². The molecule has 2 rings (SSSR count). The van der Waals surface area contributed by atoms with Crippen molar-refractivity contribution in [1.82, 2.24) is 4.98 Å². The second-order valence-electron chi connectivity index (χ2n) is 3.25. The monoisotopic (exact) mass is 289 g/mol. The molecule has 0 bridgehead atoms. The van der Waals surface area contributed by atoms with Crippen molar-refractivity contribution >= 4 is 31.4 Å². The van der Waals surface area contributed by atoms with E-state index >= 15 is 0 Å². The lowest BCUT2D eigenvalue weighted by Gasteiger charge is -2.01. The summed E-state index contributed by atoms with van der Waals surface area (Å²) in [6.07, 6.45) is 0. The van der Waals surface area contributed by atoms with Crippen LogP contribution < -0.4 is 4.18 Å². The third-order valence-corrected chi connectivity index (χ3v) is 3.32. The van der Waals surface area contributed by atoms with Crippen LogP contribution in [0.25, 0.3) is 11.3 Å². The van der Waals surface area contributed by atoms with E-state index in [2.05, 4.69) is 9.17 Å². The molecular weight excluding hydrogens is 282 g/mol. The molecule has 17 heavy (non-hydrogen) atoms. The fourth-order valence-corrected chi connectivity index (χ4v) is 2.47. The maximum Gasteiger partial charge on any atom is 0.401 e. The van der Waals surface area contributed by atoms with Gasteiger partial charge in [-0.3, -0.25) is 0 Å². The number of aryl methyl sites for hydroxylation is 1. The number of hydrogen-bond donors (Lipinski definition) is 0. The summed E-state index contributed by atoms with van der Waals surface area (Å²) in [5.74, 6) is 0.177. The van der Waals surface area contributed by atoms with Gasteiger partial charge < -0.3 is 4.18 Å². The van der Waals surface area contributed by atoms with Crippen LogP contribution in [0.4, 0.5) is 0 Å². The van der Waals surface area contributed by atoms with Gasteiger partial charge in [-0.1, -0.05) is 0 Å². The van der Waals surface area contributed by atoms with Crippen LogP contribution in [0.3, 0.4) is 0 Å². The highest BCUT2D eigenvalue weighted by atomic mass is 35.7. The van der Waals surface area contributed by atoms with Gasteiger partial charge in [0.1, 0.15) is 5.75 Å². The Balaban J connectivity index is 2.24. The standard InChI is InChI=1S/C10H8ClNO3S2/c1-7-12-10(6-16-7)8-2-4-9(5-3-8)15-17(11,13)14/h2-6H,1H3. The largest absolute Gasteiger partial charge is 0.401 e. The number of thiazole rings is 1. The number of aromatic nitrogens is 1. The fraction of sp³-hybridized carbons (Fsp3) is 0.100. The molecule has 1 heterocycles. The van der Waals surface area contributed by atoms with Crippen LogP contribution in [-0.2, 0) is 9.33 Å². The van der Waals surface area contributed by atoms with E-state index in [9.17, 15) is 8.42 Å². The van der Waals surface area contributed by atoms with Crippen molar-refractivity contribution in [3.05, 3.63) is 34.7 Å². The Morgan fingerprint density at radius 2 is 1.94 bits per heavy atom. The average molecular weight is 290 g/mol. The number of nitrogens with zero attached hydrogens (tertiary/aromatic N) is 1. The number of rotatable bonds is 3. The lowest BCUT2D eigenvalue weighted by atomic mass is 10.2. The minimum atomic E-state index is -3.99. The molecule has 2 aromatic rings. The van der Waals surface area contributed by atoms with E-state index in [0.29, 0.717) is 0 Å². The molecule has 0 saturated heterocycles. The zero-order chi connectivity index (χ0) is 12.5.